The Bertz CT molecular complexity index is 1300. The Hall–Kier alpha value is -4.39. The molecule has 1 fully saturated rings. The highest BCUT2D eigenvalue weighted by molar-refractivity contribution is 5.97. The first-order valence-corrected chi connectivity index (χ1v) is 11.4. The number of benzene rings is 3. The Labute approximate surface area is 202 Å². The van der Waals surface area contributed by atoms with Crippen LogP contribution in [-0.2, 0) is 14.3 Å². The van der Waals surface area contributed by atoms with Crippen molar-refractivity contribution < 1.29 is 24.2 Å². The van der Waals surface area contributed by atoms with Crippen LogP contribution in [0.4, 0.5) is 10.5 Å². The maximum absolute atomic E-state index is 12.5. The highest BCUT2D eigenvalue weighted by Gasteiger charge is 2.51. The summed E-state index contributed by atoms with van der Waals surface area (Å²) in [5.74, 6) is -1.52. The van der Waals surface area contributed by atoms with Crippen LogP contribution in [0.5, 0.6) is 0 Å². The predicted molar refractivity (Wildman–Crippen MR) is 132 cm³/mol. The van der Waals surface area contributed by atoms with Gasteiger partial charge in [-0.05, 0) is 58.9 Å². The number of carbonyl (C=O) groups excluding carboxylic acids is 2. The van der Waals surface area contributed by atoms with E-state index in [1.807, 2.05) is 24.3 Å². The summed E-state index contributed by atoms with van der Waals surface area (Å²) in [5.41, 5.74) is 4.68. The van der Waals surface area contributed by atoms with Gasteiger partial charge in [0.05, 0.1) is 0 Å². The van der Waals surface area contributed by atoms with E-state index in [0.29, 0.717) is 24.1 Å². The molecule has 3 aromatic rings. The molecule has 35 heavy (non-hydrogen) atoms. The van der Waals surface area contributed by atoms with Crippen molar-refractivity contribution in [3.8, 4) is 11.1 Å². The number of carbonyl (C=O) groups is 3. The minimum absolute atomic E-state index is 0.0264. The largest absolute Gasteiger partial charge is 0.480 e. The van der Waals surface area contributed by atoms with Crippen molar-refractivity contribution in [1.82, 2.24) is 5.32 Å². The number of ether oxygens (including phenoxy) is 1. The van der Waals surface area contributed by atoms with Crippen molar-refractivity contribution in [2.45, 2.75) is 24.3 Å². The van der Waals surface area contributed by atoms with E-state index in [9.17, 15) is 19.5 Å². The molecule has 0 saturated heterocycles. The number of hydrogen-bond acceptors (Lipinski definition) is 4. The van der Waals surface area contributed by atoms with Crippen LogP contribution >= 0.6 is 0 Å². The quantitative estimate of drug-likeness (QED) is 0.432. The average Bonchev–Trinajstić information content (AvgIpc) is 3.57. The number of rotatable bonds is 7. The minimum atomic E-state index is -1.13. The second-order valence-corrected chi connectivity index (χ2v) is 8.79. The molecule has 0 aromatic heterocycles. The molecular weight excluding hydrogens is 444 g/mol. The van der Waals surface area contributed by atoms with Crippen molar-refractivity contribution in [1.29, 1.82) is 0 Å². The molecule has 2 aliphatic carbocycles. The molecule has 0 unspecified atom stereocenters. The van der Waals surface area contributed by atoms with E-state index in [-0.39, 0.29) is 12.5 Å². The van der Waals surface area contributed by atoms with Gasteiger partial charge in [0.25, 0.3) is 0 Å². The Balaban J connectivity index is 1.19. The predicted octanol–water partition coefficient (Wildman–Crippen LogP) is 4.79. The lowest BCUT2D eigenvalue weighted by molar-refractivity contribution is -0.142. The van der Waals surface area contributed by atoms with Crippen LogP contribution in [0, 0.1) is 0 Å². The second kappa shape index (κ2) is 9.10. The molecule has 0 radical (unpaired) electrons. The van der Waals surface area contributed by atoms with Crippen LogP contribution in [0.3, 0.4) is 0 Å². The van der Waals surface area contributed by atoms with E-state index < -0.39 is 23.5 Å². The minimum Gasteiger partial charge on any atom is -0.480 e. The molecule has 0 heterocycles. The van der Waals surface area contributed by atoms with Gasteiger partial charge in [-0.2, -0.15) is 0 Å². The van der Waals surface area contributed by atoms with Gasteiger partial charge >= 0.3 is 12.1 Å². The topological polar surface area (TPSA) is 105 Å². The fourth-order valence-corrected chi connectivity index (χ4v) is 4.44. The highest BCUT2D eigenvalue weighted by atomic mass is 16.5. The highest BCUT2D eigenvalue weighted by Crippen LogP contribution is 2.44. The fraction of sp³-hybridized carbons (Fsp3) is 0.179. The molecule has 176 valence electrons. The Morgan fingerprint density at radius 2 is 1.60 bits per heavy atom. The zero-order chi connectivity index (χ0) is 24.4. The van der Waals surface area contributed by atoms with E-state index in [1.165, 1.54) is 6.08 Å². The van der Waals surface area contributed by atoms with Gasteiger partial charge in [-0.3, -0.25) is 10.1 Å². The van der Waals surface area contributed by atoms with Gasteiger partial charge in [-0.1, -0.05) is 60.7 Å². The molecule has 3 aromatic carbocycles. The van der Waals surface area contributed by atoms with Gasteiger partial charge in [0.1, 0.15) is 12.1 Å². The molecule has 0 atom stereocenters. The third-order valence-electron chi connectivity index (χ3n) is 6.43. The molecular formula is C28H24N2O5. The maximum Gasteiger partial charge on any atom is 0.411 e. The molecule has 2 amide bonds. The number of amides is 2. The van der Waals surface area contributed by atoms with Gasteiger partial charge in [-0.15, -0.1) is 0 Å². The molecule has 3 N–H and O–H groups in total. The van der Waals surface area contributed by atoms with Crippen LogP contribution < -0.4 is 10.6 Å². The number of fused-ring (bicyclic) bond motifs is 3. The number of anilines is 1. The van der Waals surface area contributed by atoms with E-state index in [4.69, 9.17) is 4.74 Å². The summed E-state index contributed by atoms with van der Waals surface area (Å²) in [7, 11) is 0. The van der Waals surface area contributed by atoms with Crippen LogP contribution in [0.2, 0.25) is 0 Å². The molecule has 5 rings (SSSR count). The summed E-state index contributed by atoms with van der Waals surface area (Å²) in [6, 6.07) is 23.2. The molecule has 0 aliphatic heterocycles. The zero-order valence-corrected chi connectivity index (χ0v) is 18.9. The van der Waals surface area contributed by atoms with Gasteiger partial charge in [0.15, 0.2) is 0 Å². The summed E-state index contributed by atoms with van der Waals surface area (Å²) in [6.07, 6.45) is 3.15. The number of nitrogens with one attached hydrogen (secondary N) is 2. The van der Waals surface area contributed by atoms with E-state index in [0.717, 1.165) is 22.3 Å². The SMILES string of the molecule is O=C(/C=C/c1cccc(NC(=O)OCC2c3ccccc3-c3ccccc32)c1)NC1(C(=O)O)CC1. The van der Waals surface area contributed by atoms with Crippen molar-refractivity contribution in [3.05, 3.63) is 95.6 Å². The summed E-state index contributed by atoms with van der Waals surface area (Å²) < 4.78 is 5.58. The Morgan fingerprint density at radius 3 is 2.23 bits per heavy atom. The van der Waals surface area contributed by atoms with Crippen LogP contribution in [0.1, 0.15) is 35.4 Å². The molecule has 7 nitrogen and oxygen atoms in total. The number of carboxylic acid groups (broad SMARTS) is 1. The van der Waals surface area contributed by atoms with E-state index in [1.54, 1.807) is 30.3 Å². The Morgan fingerprint density at radius 1 is 0.943 bits per heavy atom. The van der Waals surface area contributed by atoms with Gasteiger partial charge in [0.2, 0.25) is 5.91 Å². The lowest BCUT2D eigenvalue weighted by Crippen LogP contribution is -2.42. The number of aliphatic carboxylic acids is 1. The first-order chi connectivity index (χ1) is 16.9. The average molecular weight is 469 g/mol. The van der Waals surface area contributed by atoms with Crippen LogP contribution in [0.25, 0.3) is 17.2 Å². The lowest BCUT2D eigenvalue weighted by atomic mass is 9.98. The van der Waals surface area contributed by atoms with Crippen molar-refractivity contribution >= 4 is 29.7 Å². The zero-order valence-electron chi connectivity index (χ0n) is 18.9. The third-order valence-corrected chi connectivity index (χ3v) is 6.43. The fourth-order valence-electron chi connectivity index (χ4n) is 4.44. The number of hydrogen-bond donors (Lipinski definition) is 3. The summed E-state index contributed by atoms with van der Waals surface area (Å²) in [4.78, 5) is 35.8. The monoisotopic (exact) mass is 468 g/mol. The van der Waals surface area contributed by atoms with Gasteiger partial charge < -0.3 is 15.2 Å². The molecule has 1 saturated carbocycles. The Kier molecular flexibility index (Phi) is 5.82. The molecule has 2 aliphatic rings. The summed E-state index contributed by atoms with van der Waals surface area (Å²) >= 11 is 0. The van der Waals surface area contributed by atoms with Gasteiger partial charge in [-0.25, -0.2) is 9.59 Å². The lowest BCUT2D eigenvalue weighted by Gasteiger charge is -2.14. The third kappa shape index (κ3) is 4.66. The van der Waals surface area contributed by atoms with Crippen molar-refractivity contribution in [3.63, 3.8) is 0 Å². The maximum atomic E-state index is 12.5. The van der Waals surface area contributed by atoms with Crippen molar-refractivity contribution in [2.24, 2.45) is 0 Å². The van der Waals surface area contributed by atoms with Crippen LogP contribution in [-0.4, -0.2) is 35.2 Å². The first kappa shape index (κ1) is 22.4. The number of carboxylic acids is 1. The summed E-state index contributed by atoms with van der Waals surface area (Å²) in [5, 5.41) is 14.4. The summed E-state index contributed by atoms with van der Waals surface area (Å²) in [6.45, 7) is 0.213. The normalized spacial score (nSPS) is 15.2. The van der Waals surface area contributed by atoms with Crippen molar-refractivity contribution in [2.75, 3.05) is 11.9 Å². The first-order valence-electron chi connectivity index (χ1n) is 11.4. The van der Waals surface area contributed by atoms with E-state index in [2.05, 4.69) is 34.9 Å². The van der Waals surface area contributed by atoms with Gasteiger partial charge in [0, 0.05) is 17.7 Å². The molecule has 0 spiro atoms. The van der Waals surface area contributed by atoms with E-state index >= 15 is 0 Å². The van der Waals surface area contributed by atoms with Crippen LogP contribution in [0.15, 0.2) is 78.9 Å². The molecule has 0 bridgehead atoms. The molecule has 7 heteroatoms. The standard InChI is InChI=1S/C28H24N2O5/c31-25(30-28(14-15-28)26(32)33)13-12-18-6-5-7-19(16-18)29-27(34)35-17-24-22-10-3-1-8-20(22)21-9-2-4-11-23(21)24/h1-13,16,24H,14-15,17H2,(H,29,34)(H,30,31)(H,32,33)/b13-12+. The second-order valence-electron chi connectivity index (χ2n) is 8.79. The smallest absolute Gasteiger partial charge is 0.411 e.